The first kappa shape index (κ1) is 21.3. The molecule has 0 N–H and O–H groups in total. The van der Waals surface area contributed by atoms with Gasteiger partial charge in [-0.25, -0.2) is 18.4 Å². The van der Waals surface area contributed by atoms with E-state index in [1.807, 2.05) is 9.80 Å². The molecule has 2 fully saturated rings. The van der Waals surface area contributed by atoms with Crippen LogP contribution < -0.4 is 4.90 Å². The Morgan fingerprint density at radius 3 is 2.25 bits per heavy atom. The van der Waals surface area contributed by atoms with Crippen molar-refractivity contribution in [1.29, 1.82) is 0 Å². The fourth-order valence-electron chi connectivity index (χ4n) is 4.95. The number of anilines is 1. The zero-order valence-electron chi connectivity index (χ0n) is 18.2. The van der Waals surface area contributed by atoms with Gasteiger partial charge in [-0.15, -0.1) is 0 Å². The smallest absolute Gasteiger partial charge is 0.256 e. The van der Waals surface area contributed by atoms with Crippen LogP contribution >= 0.6 is 0 Å². The van der Waals surface area contributed by atoms with Crippen molar-refractivity contribution in [3.63, 3.8) is 0 Å². The molecule has 2 aromatic rings. The quantitative estimate of drug-likeness (QED) is 0.691. The van der Waals surface area contributed by atoms with Gasteiger partial charge in [0.2, 0.25) is 5.95 Å². The third-order valence-electron chi connectivity index (χ3n) is 6.94. The number of amides is 1. The lowest BCUT2D eigenvalue weighted by molar-refractivity contribution is 0.0598. The summed E-state index contributed by atoms with van der Waals surface area (Å²) in [5, 5.41) is 0. The average molecular weight is 456 g/mol. The minimum Gasteiger partial charge on any atom is -0.339 e. The molecular formula is C23H29N5O3S. The maximum absolute atomic E-state index is 13.0. The standard InChI is InChI=1S/C23H29N5O3S/c29-22(20-15-24-23(25-16-20)27-11-13-32(30,31)14-12-27)26-9-6-21(7-10-26)28-8-5-18-3-1-2-4-19(18)17-28/h1-4,15-16,21H,5-14,17H2. The highest BCUT2D eigenvalue weighted by Crippen LogP contribution is 2.25. The Bertz CT molecular complexity index is 1070. The predicted molar refractivity (Wildman–Crippen MR) is 122 cm³/mol. The zero-order valence-corrected chi connectivity index (χ0v) is 19.0. The van der Waals surface area contributed by atoms with E-state index in [0.717, 1.165) is 45.4 Å². The molecule has 0 spiro atoms. The molecule has 5 rings (SSSR count). The minimum absolute atomic E-state index is 0.0276. The normalized spacial score (nSPS) is 21.9. The maximum atomic E-state index is 13.0. The number of carbonyl (C=O) groups excluding carboxylic acids is 1. The van der Waals surface area contributed by atoms with E-state index in [4.69, 9.17) is 0 Å². The number of piperidine rings is 1. The minimum atomic E-state index is -2.95. The molecule has 0 radical (unpaired) electrons. The summed E-state index contributed by atoms with van der Waals surface area (Å²) in [7, 11) is -2.95. The van der Waals surface area contributed by atoms with Crippen LogP contribution in [-0.2, 0) is 22.8 Å². The van der Waals surface area contributed by atoms with Crippen LogP contribution in [0, 0.1) is 0 Å². The molecule has 1 amide bonds. The van der Waals surface area contributed by atoms with Crippen LogP contribution in [0.5, 0.6) is 0 Å². The molecule has 2 saturated heterocycles. The van der Waals surface area contributed by atoms with Gasteiger partial charge < -0.3 is 9.80 Å². The summed E-state index contributed by atoms with van der Waals surface area (Å²) in [6.45, 7) is 4.36. The van der Waals surface area contributed by atoms with E-state index in [2.05, 4.69) is 39.1 Å². The lowest BCUT2D eigenvalue weighted by Gasteiger charge is -2.40. The molecule has 3 aliphatic heterocycles. The number of fused-ring (bicyclic) bond motifs is 1. The van der Waals surface area contributed by atoms with Crippen molar-refractivity contribution < 1.29 is 13.2 Å². The van der Waals surface area contributed by atoms with E-state index in [9.17, 15) is 13.2 Å². The van der Waals surface area contributed by atoms with Crippen molar-refractivity contribution in [1.82, 2.24) is 19.8 Å². The molecule has 0 atom stereocenters. The molecule has 170 valence electrons. The number of nitrogens with zero attached hydrogens (tertiary/aromatic N) is 5. The Morgan fingerprint density at radius 1 is 0.906 bits per heavy atom. The summed E-state index contributed by atoms with van der Waals surface area (Å²) in [4.78, 5) is 28.0. The lowest BCUT2D eigenvalue weighted by atomic mass is 9.95. The first-order valence-corrected chi connectivity index (χ1v) is 13.2. The van der Waals surface area contributed by atoms with Gasteiger partial charge in [-0.1, -0.05) is 24.3 Å². The van der Waals surface area contributed by atoms with E-state index in [1.54, 1.807) is 12.4 Å². The van der Waals surface area contributed by atoms with E-state index >= 15 is 0 Å². The van der Waals surface area contributed by atoms with Crippen LogP contribution in [0.1, 0.15) is 34.3 Å². The van der Waals surface area contributed by atoms with Gasteiger partial charge in [0.25, 0.3) is 5.91 Å². The van der Waals surface area contributed by atoms with Gasteiger partial charge in [0.15, 0.2) is 9.84 Å². The highest BCUT2D eigenvalue weighted by atomic mass is 32.2. The van der Waals surface area contributed by atoms with E-state index < -0.39 is 9.84 Å². The Balaban J connectivity index is 1.15. The number of benzene rings is 1. The second kappa shape index (κ2) is 8.78. The topological polar surface area (TPSA) is 86.7 Å². The second-order valence-electron chi connectivity index (χ2n) is 8.92. The van der Waals surface area contributed by atoms with Crippen molar-refractivity contribution in [3.05, 3.63) is 53.3 Å². The second-order valence-corrected chi connectivity index (χ2v) is 11.2. The molecule has 32 heavy (non-hydrogen) atoms. The van der Waals surface area contributed by atoms with Gasteiger partial charge in [0.1, 0.15) is 0 Å². The molecule has 3 aliphatic rings. The predicted octanol–water partition coefficient (Wildman–Crippen LogP) is 1.37. The molecule has 1 aromatic heterocycles. The van der Waals surface area contributed by atoms with Gasteiger partial charge in [0.05, 0.1) is 17.1 Å². The zero-order chi connectivity index (χ0) is 22.1. The summed E-state index contributed by atoms with van der Waals surface area (Å²) in [5.41, 5.74) is 3.38. The van der Waals surface area contributed by atoms with Gasteiger partial charge in [-0.3, -0.25) is 9.69 Å². The highest BCUT2D eigenvalue weighted by Gasteiger charge is 2.30. The Hall–Kier alpha value is -2.52. The van der Waals surface area contributed by atoms with Gasteiger partial charge in [-0.2, -0.15) is 0 Å². The monoisotopic (exact) mass is 455 g/mol. The van der Waals surface area contributed by atoms with Crippen LogP contribution in [0.25, 0.3) is 0 Å². The Labute approximate surface area is 189 Å². The third-order valence-corrected chi connectivity index (χ3v) is 8.55. The highest BCUT2D eigenvalue weighted by molar-refractivity contribution is 7.91. The van der Waals surface area contributed by atoms with Crippen molar-refractivity contribution >= 4 is 21.7 Å². The van der Waals surface area contributed by atoms with E-state index in [0.29, 0.717) is 30.6 Å². The van der Waals surface area contributed by atoms with E-state index in [-0.39, 0.29) is 17.4 Å². The summed E-state index contributed by atoms with van der Waals surface area (Å²) < 4.78 is 23.2. The molecule has 0 bridgehead atoms. The van der Waals surface area contributed by atoms with Crippen LogP contribution in [-0.4, -0.2) is 84.4 Å². The molecule has 8 nitrogen and oxygen atoms in total. The molecule has 0 saturated carbocycles. The molecule has 0 unspecified atom stereocenters. The van der Waals surface area contributed by atoms with Crippen LogP contribution in [0.3, 0.4) is 0 Å². The maximum Gasteiger partial charge on any atom is 0.256 e. The van der Waals surface area contributed by atoms with E-state index in [1.165, 1.54) is 11.1 Å². The van der Waals surface area contributed by atoms with Crippen molar-refractivity contribution in [3.8, 4) is 0 Å². The first-order chi connectivity index (χ1) is 15.5. The van der Waals surface area contributed by atoms with Crippen LogP contribution in [0.4, 0.5) is 5.95 Å². The number of carbonyl (C=O) groups is 1. The van der Waals surface area contributed by atoms with Gasteiger partial charge in [-0.05, 0) is 30.4 Å². The number of hydrogen-bond donors (Lipinski definition) is 0. The van der Waals surface area contributed by atoms with Crippen LogP contribution in [0.15, 0.2) is 36.7 Å². The van der Waals surface area contributed by atoms with Crippen molar-refractivity contribution in [2.24, 2.45) is 0 Å². The van der Waals surface area contributed by atoms with Crippen molar-refractivity contribution in [2.45, 2.75) is 31.8 Å². The molecule has 4 heterocycles. The molecule has 9 heteroatoms. The fourth-order valence-corrected chi connectivity index (χ4v) is 6.15. The largest absolute Gasteiger partial charge is 0.339 e. The molecule has 1 aromatic carbocycles. The Kier molecular flexibility index (Phi) is 5.86. The number of rotatable bonds is 3. The number of hydrogen-bond acceptors (Lipinski definition) is 7. The third kappa shape index (κ3) is 4.49. The first-order valence-electron chi connectivity index (χ1n) is 11.4. The Morgan fingerprint density at radius 2 is 1.56 bits per heavy atom. The van der Waals surface area contributed by atoms with Crippen LogP contribution in [0.2, 0.25) is 0 Å². The van der Waals surface area contributed by atoms with Gasteiger partial charge in [0, 0.05) is 57.7 Å². The average Bonchev–Trinajstić information content (AvgIpc) is 2.83. The van der Waals surface area contributed by atoms with Crippen molar-refractivity contribution in [2.75, 3.05) is 49.1 Å². The summed E-state index contributed by atoms with van der Waals surface area (Å²) in [5.74, 6) is 0.698. The lowest BCUT2D eigenvalue weighted by Crippen LogP contribution is -2.48. The van der Waals surface area contributed by atoms with Gasteiger partial charge >= 0.3 is 0 Å². The number of likely N-dealkylation sites (tertiary alicyclic amines) is 1. The number of aromatic nitrogens is 2. The SMILES string of the molecule is O=C(c1cnc(N2CCS(=O)(=O)CC2)nc1)N1CCC(N2CCc3ccccc3C2)CC1. The summed E-state index contributed by atoms with van der Waals surface area (Å²) >= 11 is 0. The number of sulfone groups is 1. The molecular weight excluding hydrogens is 426 g/mol. The molecule has 0 aliphatic carbocycles. The fraction of sp³-hybridized carbons (Fsp3) is 0.522. The summed E-state index contributed by atoms with van der Waals surface area (Å²) in [6.07, 6.45) is 6.20. The summed E-state index contributed by atoms with van der Waals surface area (Å²) in [6, 6.07) is 9.21.